The van der Waals surface area contributed by atoms with Gasteiger partial charge >= 0.3 is 0 Å². The molecule has 0 saturated carbocycles. The number of hydrogen-bond donors (Lipinski definition) is 0. The van der Waals surface area contributed by atoms with Crippen LogP contribution in [0.15, 0.2) is 40.8 Å². The number of rotatable bonds is 1. The van der Waals surface area contributed by atoms with E-state index in [1.54, 1.807) is 0 Å². The summed E-state index contributed by atoms with van der Waals surface area (Å²) in [5.41, 5.74) is 4.63. The Morgan fingerprint density at radius 3 is 2.53 bits per heavy atom. The lowest BCUT2D eigenvalue weighted by atomic mass is 9.98. The molecule has 17 heavy (non-hydrogen) atoms. The molecule has 0 spiro atoms. The second-order valence-corrected chi connectivity index (χ2v) is 4.98. The van der Waals surface area contributed by atoms with Gasteiger partial charge in [0.25, 0.3) is 0 Å². The fourth-order valence-electron chi connectivity index (χ4n) is 2.43. The van der Waals surface area contributed by atoms with E-state index in [1.165, 1.54) is 21.9 Å². The van der Waals surface area contributed by atoms with Crippen molar-refractivity contribution < 1.29 is 4.42 Å². The molecule has 0 amide bonds. The van der Waals surface area contributed by atoms with Gasteiger partial charge in [0.1, 0.15) is 11.2 Å². The van der Waals surface area contributed by atoms with Crippen LogP contribution in [0.1, 0.15) is 30.9 Å². The fraction of sp³-hybridized carbons (Fsp3) is 0.250. The quantitative estimate of drug-likeness (QED) is 0.565. The van der Waals surface area contributed by atoms with Crippen molar-refractivity contribution in [3.8, 4) is 0 Å². The van der Waals surface area contributed by atoms with Crippen LogP contribution < -0.4 is 0 Å². The molecule has 0 aliphatic carbocycles. The summed E-state index contributed by atoms with van der Waals surface area (Å²) in [6.07, 6.45) is 0. The molecule has 1 heterocycles. The van der Waals surface area contributed by atoms with Gasteiger partial charge in [-0.05, 0) is 36.1 Å². The first kappa shape index (κ1) is 10.4. The van der Waals surface area contributed by atoms with Gasteiger partial charge in [0.2, 0.25) is 0 Å². The van der Waals surface area contributed by atoms with E-state index in [2.05, 4.69) is 45.0 Å². The van der Waals surface area contributed by atoms with Crippen LogP contribution in [0.2, 0.25) is 0 Å². The molecule has 0 aliphatic heterocycles. The molecule has 1 aromatic heterocycles. The minimum atomic E-state index is 0.484. The molecule has 0 unspecified atom stereocenters. The first-order chi connectivity index (χ1) is 8.16. The Kier molecular flexibility index (Phi) is 2.22. The van der Waals surface area contributed by atoms with E-state index in [-0.39, 0.29) is 0 Å². The van der Waals surface area contributed by atoms with Gasteiger partial charge in [-0.1, -0.05) is 38.1 Å². The molecule has 1 heteroatoms. The van der Waals surface area contributed by atoms with Crippen molar-refractivity contribution in [3.05, 3.63) is 47.5 Å². The van der Waals surface area contributed by atoms with Gasteiger partial charge in [0, 0.05) is 10.8 Å². The monoisotopic (exact) mass is 224 g/mol. The molecule has 0 radical (unpaired) electrons. The highest BCUT2D eigenvalue weighted by Gasteiger charge is 2.13. The van der Waals surface area contributed by atoms with Crippen LogP contribution in [0, 0.1) is 6.92 Å². The predicted octanol–water partition coefficient (Wildman–Crippen LogP) is 5.02. The highest BCUT2D eigenvalue weighted by atomic mass is 16.3. The molecular formula is C16H16O. The molecule has 0 fully saturated rings. The highest BCUT2D eigenvalue weighted by Crippen LogP contribution is 2.34. The molecular weight excluding hydrogens is 208 g/mol. The Balaban J connectivity index is 2.51. The van der Waals surface area contributed by atoms with Crippen molar-refractivity contribution in [1.82, 2.24) is 0 Å². The first-order valence-corrected chi connectivity index (χ1v) is 6.08. The van der Waals surface area contributed by atoms with Gasteiger partial charge in [0.15, 0.2) is 0 Å². The van der Waals surface area contributed by atoms with E-state index in [9.17, 15) is 0 Å². The normalized spacial score (nSPS) is 11.8. The van der Waals surface area contributed by atoms with Crippen LogP contribution in [-0.2, 0) is 0 Å². The third kappa shape index (κ3) is 1.54. The second-order valence-electron chi connectivity index (χ2n) is 4.98. The number of benzene rings is 2. The third-order valence-corrected chi connectivity index (χ3v) is 3.27. The molecule has 3 rings (SSSR count). The van der Waals surface area contributed by atoms with E-state index in [4.69, 9.17) is 4.42 Å². The Morgan fingerprint density at radius 1 is 1.00 bits per heavy atom. The SMILES string of the molecule is Cc1cc(C(C)C)c2oc3ccccc3c2c1. The zero-order valence-corrected chi connectivity index (χ0v) is 10.4. The number of para-hydroxylation sites is 1. The minimum absolute atomic E-state index is 0.484. The third-order valence-electron chi connectivity index (χ3n) is 3.27. The fourth-order valence-corrected chi connectivity index (χ4v) is 2.43. The average Bonchev–Trinajstić information content (AvgIpc) is 2.66. The summed E-state index contributed by atoms with van der Waals surface area (Å²) in [7, 11) is 0. The van der Waals surface area contributed by atoms with Crippen LogP contribution in [-0.4, -0.2) is 0 Å². The van der Waals surface area contributed by atoms with Crippen molar-refractivity contribution in [2.45, 2.75) is 26.7 Å². The second kappa shape index (κ2) is 3.63. The van der Waals surface area contributed by atoms with E-state index < -0.39 is 0 Å². The molecule has 1 nitrogen and oxygen atoms in total. The Hall–Kier alpha value is -1.76. The number of hydrogen-bond acceptors (Lipinski definition) is 1. The van der Waals surface area contributed by atoms with E-state index >= 15 is 0 Å². The maximum absolute atomic E-state index is 6.00. The van der Waals surface area contributed by atoms with E-state index in [0.29, 0.717) is 5.92 Å². The standard InChI is InChI=1S/C16H16O/c1-10(2)13-8-11(3)9-14-12-6-4-5-7-15(12)17-16(13)14/h4-10H,1-3H3. The van der Waals surface area contributed by atoms with Crippen molar-refractivity contribution in [2.24, 2.45) is 0 Å². The Morgan fingerprint density at radius 2 is 1.76 bits per heavy atom. The summed E-state index contributed by atoms with van der Waals surface area (Å²) >= 11 is 0. The van der Waals surface area contributed by atoms with Gasteiger partial charge < -0.3 is 4.42 Å². The maximum Gasteiger partial charge on any atom is 0.138 e. The maximum atomic E-state index is 6.00. The molecule has 0 bridgehead atoms. The summed E-state index contributed by atoms with van der Waals surface area (Å²) in [4.78, 5) is 0. The van der Waals surface area contributed by atoms with Gasteiger partial charge in [-0.3, -0.25) is 0 Å². The molecule has 2 aromatic carbocycles. The highest BCUT2D eigenvalue weighted by molar-refractivity contribution is 6.06. The Bertz CT molecular complexity index is 689. The predicted molar refractivity (Wildman–Crippen MR) is 72.5 cm³/mol. The largest absolute Gasteiger partial charge is 0.456 e. The van der Waals surface area contributed by atoms with Crippen molar-refractivity contribution in [3.63, 3.8) is 0 Å². The first-order valence-electron chi connectivity index (χ1n) is 6.08. The van der Waals surface area contributed by atoms with Crippen LogP contribution in [0.3, 0.4) is 0 Å². The van der Waals surface area contributed by atoms with E-state index in [0.717, 1.165) is 11.2 Å². The van der Waals surface area contributed by atoms with Crippen molar-refractivity contribution in [2.75, 3.05) is 0 Å². The minimum Gasteiger partial charge on any atom is -0.456 e. The molecule has 3 aromatic rings. The number of fused-ring (bicyclic) bond motifs is 3. The average molecular weight is 224 g/mol. The van der Waals surface area contributed by atoms with E-state index in [1.807, 2.05) is 12.1 Å². The summed E-state index contributed by atoms with van der Waals surface area (Å²) in [6.45, 7) is 6.57. The zero-order valence-electron chi connectivity index (χ0n) is 10.4. The lowest BCUT2D eigenvalue weighted by molar-refractivity contribution is 0.657. The molecule has 86 valence electrons. The van der Waals surface area contributed by atoms with Crippen molar-refractivity contribution in [1.29, 1.82) is 0 Å². The summed E-state index contributed by atoms with van der Waals surface area (Å²) < 4.78 is 6.00. The van der Waals surface area contributed by atoms with Crippen LogP contribution in [0.4, 0.5) is 0 Å². The van der Waals surface area contributed by atoms with Crippen molar-refractivity contribution >= 4 is 21.9 Å². The van der Waals surface area contributed by atoms with Crippen LogP contribution in [0.5, 0.6) is 0 Å². The molecule has 0 saturated heterocycles. The molecule has 0 aliphatic rings. The summed E-state index contributed by atoms with van der Waals surface area (Å²) in [6, 6.07) is 12.7. The topological polar surface area (TPSA) is 13.1 Å². The van der Waals surface area contributed by atoms with Gasteiger partial charge in [-0.25, -0.2) is 0 Å². The number of aryl methyl sites for hydroxylation is 1. The molecule has 0 atom stereocenters. The van der Waals surface area contributed by atoms with Crippen LogP contribution in [0.25, 0.3) is 21.9 Å². The lowest BCUT2D eigenvalue weighted by Gasteiger charge is -2.07. The zero-order chi connectivity index (χ0) is 12.0. The van der Waals surface area contributed by atoms with Gasteiger partial charge in [-0.2, -0.15) is 0 Å². The smallest absolute Gasteiger partial charge is 0.138 e. The summed E-state index contributed by atoms with van der Waals surface area (Å²) in [5.74, 6) is 0.484. The number of furan rings is 1. The molecule has 0 N–H and O–H groups in total. The summed E-state index contributed by atoms with van der Waals surface area (Å²) in [5, 5.41) is 2.46. The van der Waals surface area contributed by atoms with Crippen LogP contribution >= 0.6 is 0 Å². The van der Waals surface area contributed by atoms with Gasteiger partial charge in [0.05, 0.1) is 0 Å². The lowest BCUT2D eigenvalue weighted by Crippen LogP contribution is -1.89. The Labute approximate surface area is 101 Å². The van der Waals surface area contributed by atoms with Gasteiger partial charge in [-0.15, -0.1) is 0 Å².